The van der Waals surface area contributed by atoms with Gasteiger partial charge in [-0.15, -0.1) is 11.3 Å². The molecule has 0 unspecified atom stereocenters. The second-order valence-electron chi connectivity index (χ2n) is 8.22. The molecular weight excluding hydrogens is 410 g/mol. The highest BCUT2D eigenvalue weighted by Gasteiger charge is 2.17. The zero-order valence-electron chi connectivity index (χ0n) is 18.0. The van der Waals surface area contributed by atoms with Crippen LogP contribution in [0, 0.1) is 6.92 Å². The molecule has 1 N–H and O–H groups in total. The molecule has 160 valence electrons. The summed E-state index contributed by atoms with van der Waals surface area (Å²) in [5.74, 6) is -0.511. The van der Waals surface area contributed by atoms with Gasteiger partial charge < -0.3 is 5.32 Å². The number of aromatic nitrogens is 2. The fraction of sp³-hybridized carbons (Fsp3) is 0.250. The summed E-state index contributed by atoms with van der Waals surface area (Å²) in [6, 6.07) is 12.7. The zero-order valence-corrected chi connectivity index (χ0v) is 18.8. The SMILES string of the molecule is Cc1ccccc1C(=O)/C=c1\s/c(=C/c2ccccn2)c(=O)n1CC(=O)NC(C)(C)C. The quantitative estimate of drug-likeness (QED) is 0.622. The van der Waals surface area contributed by atoms with Crippen LogP contribution in [0.15, 0.2) is 53.5 Å². The second kappa shape index (κ2) is 9.22. The number of thiazole rings is 1. The van der Waals surface area contributed by atoms with Gasteiger partial charge in [-0.1, -0.05) is 30.3 Å². The van der Waals surface area contributed by atoms with Gasteiger partial charge in [-0.3, -0.25) is 23.9 Å². The van der Waals surface area contributed by atoms with Gasteiger partial charge in [-0.2, -0.15) is 0 Å². The van der Waals surface area contributed by atoms with Gasteiger partial charge in [-0.25, -0.2) is 0 Å². The van der Waals surface area contributed by atoms with E-state index in [-0.39, 0.29) is 23.8 Å². The van der Waals surface area contributed by atoms with Crippen molar-refractivity contribution in [1.29, 1.82) is 0 Å². The summed E-state index contributed by atoms with van der Waals surface area (Å²) < 4.78 is 2.17. The molecular formula is C24H25N3O3S. The molecule has 0 saturated heterocycles. The van der Waals surface area contributed by atoms with E-state index < -0.39 is 5.54 Å². The number of aryl methyl sites for hydroxylation is 1. The van der Waals surface area contributed by atoms with E-state index in [4.69, 9.17) is 0 Å². The smallest absolute Gasteiger partial charge is 0.269 e. The maximum atomic E-state index is 13.1. The third-order valence-electron chi connectivity index (χ3n) is 4.38. The van der Waals surface area contributed by atoms with Crippen LogP contribution in [0.1, 0.15) is 42.4 Å². The summed E-state index contributed by atoms with van der Waals surface area (Å²) in [6.07, 6.45) is 4.73. The Hall–Kier alpha value is -3.32. The number of rotatable bonds is 5. The average Bonchev–Trinajstić information content (AvgIpc) is 2.96. The van der Waals surface area contributed by atoms with Crippen LogP contribution in [-0.2, 0) is 11.3 Å². The minimum absolute atomic E-state index is 0.171. The Bertz CT molecular complexity index is 1280. The van der Waals surface area contributed by atoms with Crippen LogP contribution in [0.25, 0.3) is 12.2 Å². The molecule has 31 heavy (non-hydrogen) atoms. The number of hydrogen-bond acceptors (Lipinski definition) is 5. The molecule has 6 nitrogen and oxygen atoms in total. The van der Waals surface area contributed by atoms with Crippen molar-refractivity contribution >= 4 is 35.2 Å². The van der Waals surface area contributed by atoms with E-state index in [0.29, 0.717) is 20.5 Å². The first kappa shape index (κ1) is 22.4. The number of benzene rings is 1. The van der Waals surface area contributed by atoms with Crippen LogP contribution in [-0.4, -0.2) is 26.8 Å². The topological polar surface area (TPSA) is 81.1 Å². The third-order valence-corrected chi connectivity index (χ3v) is 5.44. The van der Waals surface area contributed by atoms with Gasteiger partial charge in [0.2, 0.25) is 5.91 Å². The van der Waals surface area contributed by atoms with Gasteiger partial charge in [0.05, 0.1) is 10.2 Å². The normalized spacial score (nSPS) is 12.8. The fourth-order valence-corrected chi connectivity index (χ4v) is 4.06. The van der Waals surface area contributed by atoms with E-state index in [0.717, 1.165) is 5.56 Å². The Morgan fingerprint density at radius 3 is 2.48 bits per heavy atom. The second-order valence-corrected chi connectivity index (χ2v) is 9.28. The van der Waals surface area contributed by atoms with Crippen molar-refractivity contribution in [3.8, 4) is 0 Å². The minimum Gasteiger partial charge on any atom is -0.350 e. The molecule has 0 saturated carbocycles. The van der Waals surface area contributed by atoms with Crippen molar-refractivity contribution in [3.05, 3.63) is 85.0 Å². The molecule has 0 bridgehead atoms. The van der Waals surface area contributed by atoms with E-state index >= 15 is 0 Å². The number of amides is 1. The lowest BCUT2D eigenvalue weighted by Gasteiger charge is -2.20. The first-order valence-electron chi connectivity index (χ1n) is 9.89. The monoisotopic (exact) mass is 435 g/mol. The lowest BCUT2D eigenvalue weighted by atomic mass is 10.1. The van der Waals surface area contributed by atoms with Crippen molar-refractivity contribution in [1.82, 2.24) is 14.9 Å². The van der Waals surface area contributed by atoms with E-state index in [1.54, 1.807) is 36.5 Å². The number of carbonyl (C=O) groups is 2. The van der Waals surface area contributed by atoms with Crippen LogP contribution in [0.2, 0.25) is 0 Å². The summed E-state index contributed by atoms with van der Waals surface area (Å²) in [5, 5.41) is 2.86. The molecule has 1 amide bonds. The number of nitrogens with one attached hydrogen (secondary N) is 1. The van der Waals surface area contributed by atoms with Crippen molar-refractivity contribution in [3.63, 3.8) is 0 Å². The van der Waals surface area contributed by atoms with Crippen molar-refractivity contribution in [2.45, 2.75) is 39.8 Å². The molecule has 0 atom stereocenters. The van der Waals surface area contributed by atoms with Gasteiger partial charge in [0.1, 0.15) is 11.2 Å². The number of ketones is 1. The van der Waals surface area contributed by atoms with E-state index in [9.17, 15) is 14.4 Å². The summed E-state index contributed by atoms with van der Waals surface area (Å²) in [5.41, 5.74) is 1.28. The highest BCUT2D eigenvalue weighted by molar-refractivity contribution is 7.07. The number of hydrogen-bond donors (Lipinski definition) is 1. The van der Waals surface area contributed by atoms with Gasteiger partial charge in [0.15, 0.2) is 5.78 Å². The lowest BCUT2D eigenvalue weighted by Crippen LogP contribution is -2.45. The van der Waals surface area contributed by atoms with Gasteiger partial charge in [0, 0.05) is 23.4 Å². The van der Waals surface area contributed by atoms with Crippen LogP contribution in [0.4, 0.5) is 0 Å². The van der Waals surface area contributed by atoms with Crippen LogP contribution < -0.4 is 20.1 Å². The summed E-state index contributed by atoms with van der Waals surface area (Å²) >= 11 is 1.17. The van der Waals surface area contributed by atoms with E-state index in [1.165, 1.54) is 22.0 Å². The fourth-order valence-electron chi connectivity index (χ4n) is 3.03. The van der Waals surface area contributed by atoms with Gasteiger partial charge in [-0.05, 0) is 51.5 Å². The largest absolute Gasteiger partial charge is 0.350 e. The molecule has 2 aromatic heterocycles. The maximum Gasteiger partial charge on any atom is 0.269 e. The Morgan fingerprint density at radius 1 is 1.13 bits per heavy atom. The molecule has 0 fully saturated rings. The van der Waals surface area contributed by atoms with E-state index in [2.05, 4.69) is 10.3 Å². The molecule has 1 aromatic carbocycles. The van der Waals surface area contributed by atoms with Crippen LogP contribution >= 0.6 is 11.3 Å². The van der Waals surface area contributed by atoms with Crippen molar-refractivity contribution < 1.29 is 9.59 Å². The standard InChI is InChI=1S/C24H25N3O3S/c1-16-9-5-6-11-18(16)19(28)14-22-27(15-21(29)26-24(2,3)4)23(30)20(31-22)13-17-10-7-8-12-25-17/h5-14H,15H2,1-4H3,(H,26,29)/b20-13+,22-14-. The molecule has 7 heteroatoms. The highest BCUT2D eigenvalue weighted by atomic mass is 32.1. The third kappa shape index (κ3) is 5.86. The predicted molar refractivity (Wildman–Crippen MR) is 124 cm³/mol. The van der Waals surface area contributed by atoms with E-state index in [1.807, 2.05) is 45.9 Å². The molecule has 0 spiro atoms. The Kier molecular flexibility index (Phi) is 6.65. The average molecular weight is 436 g/mol. The highest BCUT2D eigenvalue weighted by Crippen LogP contribution is 2.08. The molecule has 0 aliphatic heterocycles. The van der Waals surface area contributed by atoms with Crippen LogP contribution in [0.5, 0.6) is 0 Å². The molecule has 0 aliphatic carbocycles. The molecule has 0 aliphatic rings. The predicted octanol–water partition coefficient (Wildman–Crippen LogP) is 2.02. The first-order valence-corrected chi connectivity index (χ1v) is 10.7. The number of carbonyl (C=O) groups excluding carboxylic acids is 2. The Balaban J connectivity index is 2.12. The molecule has 2 heterocycles. The summed E-state index contributed by atoms with van der Waals surface area (Å²) in [4.78, 5) is 42.7. The molecule has 3 aromatic rings. The minimum atomic E-state index is -0.430. The first-order chi connectivity index (χ1) is 14.6. The Morgan fingerprint density at radius 2 is 1.84 bits per heavy atom. The summed E-state index contributed by atoms with van der Waals surface area (Å²) in [6.45, 7) is 7.30. The number of Topliss-reactive ketones (excluding diaryl/α,β-unsaturated/α-hetero) is 1. The van der Waals surface area contributed by atoms with Gasteiger partial charge in [0.25, 0.3) is 5.56 Å². The number of pyridine rings is 1. The number of nitrogens with zero attached hydrogens (tertiary/aromatic N) is 2. The van der Waals surface area contributed by atoms with Gasteiger partial charge >= 0.3 is 0 Å². The maximum absolute atomic E-state index is 13.1. The van der Waals surface area contributed by atoms with Crippen molar-refractivity contribution in [2.24, 2.45) is 0 Å². The molecule has 3 rings (SSSR count). The van der Waals surface area contributed by atoms with Crippen LogP contribution in [0.3, 0.4) is 0 Å². The molecule has 0 radical (unpaired) electrons. The lowest BCUT2D eigenvalue weighted by molar-refractivity contribution is -0.123. The Labute approximate surface area is 184 Å². The zero-order chi connectivity index (χ0) is 22.6. The summed E-state index contributed by atoms with van der Waals surface area (Å²) in [7, 11) is 0. The van der Waals surface area contributed by atoms with Crippen molar-refractivity contribution in [2.75, 3.05) is 0 Å².